The molecule has 8 bridgehead atoms. The standard InChI is InChI=1S/C44H31ClN4/c45-43-32-27-46-44(43)42(31-19-11-4-12-20-31)38-26-25-37(49-38)41(30-17-9-3-10-18-30)36-24-23-35(48-36)40(29-15-7-2-8-16-29)34-22-21-33(47-34)39(32)28-13-5-1-6-14-28/h1-27,39,47-49H/b40-35-,41-36-,44-42+/t39-/m1/s1/i1D,2D,3D,4D,5D,6D,7D,8D,9D,10D,11D,12D,13D,14D,15D,16D,17D,18D,19D,20D. The second kappa shape index (κ2) is 12.2. The zero-order valence-electron chi connectivity index (χ0n) is 44.9. The van der Waals surface area contributed by atoms with Crippen LogP contribution in [-0.4, -0.2) is 21.2 Å². The van der Waals surface area contributed by atoms with Crippen LogP contribution in [0.2, 0.25) is 0 Å². The highest BCUT2D eigenvalue weighted by Crippen LogP contribution is 2.43. The van der Waals surface area contributed by atoms with Crippen molar-refractivity contribution in [1.82, 2.24) is 15.0 Å². The molecule has 2 aliphatic rings. The lowest BCUT2D eigenvalue weighted by atomic mass is 9.88. The van der Waals surface area contributed by atoms with Gasteiger partial charge in [0, 0.05) is 62.0 Å². The Morgan fingerprint density at radius 1 is 0.510 bits per heavy atom. The third-order valence-corrected chi connectivity index (χ3v) is 8.54. The predicted molar refractivity (Wildman–Crippen MR) is 200 cm³/mol. The number of H-pyrrole nitrogens is 3. The molecule has 5 heteroatoms. The number of aromatic nitrogens is 3. The van der Waals surface area contributed by atoms with Gasteiger partial charge in [-0.25, -0.2) is 0 Å². The maximum Gasteiger partial charge on any atom is 0.0918 e. The van der Waals surface area contributed by atoms with Crippen LogP contribution in [0.4, 0.5) is 0 Å². The van der Waals surface area contributed by atoms with E-state index in [4.69, 9.17) is 39.0 Å². The van der Waals surface area contributed by atoms with Gasteiger partial charge >= 0.3 is 0 Å². The van der Waals surface area contributed by atoms with E-state index in [1.54, 1.807) is 0 Å². The first-order chi connectivity index (χ1) is 32.5. The highest BCUT2D eigenvalue weighted by Gasteiger charge is 2.30. The number of benzene rings is 4. The summed E-state index contributed by atoms with van der Waals surface area (Å²) >= 11 is 7.38. The van der Waals surface area contributed by atoms with Crippen LogP contribution in [0.3, 0.4) is 0 Å². The van der Waals surface area contributed by atoms with E-state index >= 15 is 0 Å². The van der Waals surface area contributed by atoms with Gasteiger partial charge in [-0.05, 0) is 58.7 Å². The molecule has 3 N–H and O–H groups in total. The Bertz CT molecular complexity index is 3590. The molecule has 5 heterocycles. The van der Waals surface area contributed by atoms with E-state index in [9.17, 15) is 0 Å². The van der Waals surface area contributed by atoms with E-state index in [1.807, 2.05) is 0 Å². The van der Waals surface area contributed by atoms with Gasteiger partial charge in [0.1, 0.15) is 0 Å². The van der Waals surface area contributed by atoms with E-state index in [1.165, 1.54) is 42.6 Å². The number of nitrogens with zero attached hydrogens (tertiary/aromatic N) is 1. The van der Waals surface area contributed by atoms with Crippen molar-refractivity contribution in [1.29, 1.82) is 0 Å². The number of aliphatic imine (C=N–C) groups is 1. The molecule has 0 unspecified atom stereocenters. The van der Waals surface area contributed by atoms with Gasteiger partial charge in [-0.2, -0.15) is 0 Å². The van der Waals surface area contributed by atoms with Crippen LogP contribution in [0.15, 0.2) is 179 Å². The highest BCUT2D eigenvalue weighted by atomic mass is 35.5. The summed E-state index contributed by atoms with van der Waals surface area (Å²) in [5.74, 6) is -1.42. The minimum atomic E-state index is -1.42. The van der Waals surface area contributed by atoms with E-state index in [2.05, 4.69) is 19.9 Å². The smallest absolute Gasteiger partial charge is 0.0918 e. The van der Waals surface area contributed by atoms with E-state index < -0.39 is 127 Å². The molecule has 1 atom stereocenters. The molecule has 49 heavy (non-hydrogen) atoms. The Morgan fingerprint density at radius 2 is 0.980 bits per heavy atom. The average Bonchev–Trinajstić information content (AvgIpc) is 4.18. The number of fused-ring (bicyclic) bond motifs is 7. The maximum atomic E-state index is 9.10. The molecule has 0 aliphatic carbocycles. The third kappa shape index (κ3) is 5.14. The second-order valence-electron chi connectivity index (χ2n) is 10.9. The molecule has 4 aromatic carbocycles. The summed E-state index contributed by atoms with van der Waals surface area (Å²) in [4.78, 5) is 14.2. The fraction of sp³-hybridized carbons (Fsp3) is 0.0227. The Labute approximate surface area is 317 Å². The van der Waals surface area contributed by atoms with Gasteiger partial charge in [-0.1, -0.05) is 132 Å². The van der Waals surface area contributed by atoms with E-state index in [0.717, 1.165) is 0 Å². The monoisotopic (exact) mass is 670 g/mol. The van der Waals surface area contributed by atoms with Crippen molar-refractivity contribution in [2.45, 2.75) is 5.92 Å². The third-order valence-electron chi connectivity index (χ3n) is 8.14. The van der Waals surface area contributed by atoms with Gasteiger partial charge < -0.3 is 15.0 Å². The van der Waals surface area contributed by atoms with Crippen LogP contribution < -0.4 is 10.7 Å². The molecule has 7 aromatic rings. The largest absolute Gasteiger partial charge is 0.358 e. The lowest BCUT2D eigenvalue weighted by Gasteiger charge is -2.18. The minimum Gasteiger partial charge on any atom is -0.358 e. The summed E-state index contributed by atoms with van der Waals surface area (Å²) in [5.41, 5.74) is -1.54. The molecular weight excluding hydrogens is 620 g/mol. The van der Waals surface area contributed by atoms with Crippen LogP contribution in [-0.2, 0) is 0 Å². The number of hydrogen-bond acceptors (Lipinski definition) is 1. The molecule has 0 radical (unpaired) electrons. The number of hydrogen-bond donors (Lipinski definition) is 3. The Kier molecular flexibility index (Phi) is 3.72. The van der Waals surface area contributed by atoms with E-state index in [0.29, 0.717) is 0 Å². The quantitative estimate of drug-likeness (QED) is 0.168. The molecule has 2 aliphatic heterocycles. The van der Waals surface area contributed by atoms with Crippen molar-refractivity contribution < 1.29 is 27.4 Å². The average molecular weight is 671 g/mol. The van der Waals surface area contributed by atoms with Gasteiger partial charge in [-0.15, -0.1) is 0 Å². The van der Waals surface area contributed by atoms with Gasteiger partial charge in [-0.3, -0.25) is 4.99 Å². The van der Waals surface area contributed by atoms with Crippen molar-refractivity contribution in [2.75, 3.05) is 0 Å². The molecule has 0 spiro atoms. The maximum absolute atomic E-state index is 9.10. The first-order valence-electron chi connectivity index (χ1n) is 24.8. The summed E-state index contributed by atoms with van der Waals surface area (Å²) in [6.07, 6.45) is 1.24. The van der Waals surface area contributed by atoms with Crippen LogP contribution >= 0.6 is 11.6 Å². The topological polar surface area (TPSA) is 59.7 Å². The fourth-order valence-electron chi connectivity index (χ4n) is 6.08. The van der Waals surface area contributed by atoms with Crippen molar-refractivity contribution in [2.24, 2.45) is 4.99 Å². The molecule has 0 amide bonds. The fourth-order valence-corrected chi connectivity index (χ4v) is 6.38. The zero-order valence-corrected chi connectivity index (χ0v) is 25.7. The summed E-state index contributed by atoms with van der Waals surface area (Å²) < 4.78 is 175. The van der Waals surface area contributed by atoms with Crippen LogP contribution in [0.5, 0.6) is 0 Å². The van der Waals surface area contributed by atoms with Crippen LogP contribution in [0.25, 0.3) is 16.7 Å². The number of halogens is 1. The number of aromatic amines is 3. The molecular formula is C44H31ClN4. The second-order valence-corrected chi connectivity index (χ2v) is 11.2. The van der Waals surface area contributed by atoms with E-state index in [-0.39, 0.29) is 88.7 Å². The highest BCUT2D eigenvalue weighted by molar-refractivity contribution is 6.35. The molecule has 234 valence electrons. The SMILES string of the molecule is [2H]c1c([2H])c([2H])c(/C2=c3\cc/c([nH]3)=C(\c3c([2H])c([2H])c([2H])c([2H])c3[2H])c3ccc([nH]3)[C@H](c3c([2H])c([2H])c([2H])c([2H])c3[2H])C3=C(Cl)/C(=C(/c4c([2H])c([2H])c([2H])c([2H])c4[2H])c4ccc2[nH]4)N=C3)c([2H])c1[2H]. The predicted octanol–water partition coefficient (Wildman–Crippen LogP) is 8.65. The van der Waals surface area contributed by atoms with Gasteiger partial charge in [0.2, 0.25) is 0 Å². The summed E-state index contributed by atoms with van der Waals surface area (Å²) in [7, 11) is 0. The van der Waals surface area contributed by atoms with Crippen LogP contribution in [0.1, 0.15) is 78.4 Å². The molecule has 9 rings (SSSR count). The van der Waals surface area contributed by atoms with Gasteiger partial charge in [0.25, 0.3) is 0 Å². The lowest BCUT2D eigenvalue weighted by molar-refractivity contribution is 0.945. The minimum absolute atomic E-state index is 0.000221. The van der Waals surface area contributed by atoms with Gasteiger partial charge in [0.05, 0.1) is 44.1 Å². The molecule has 0 saturated carbocycles. The number of allylic oxidation sites excluding steroid dienone is 2. The summed E-state index contributed by atoms with van der Waals surface area (Å²) in [6, 6.07) is -4.62. The summed E-state index contributed by atoms with van der Waals surface area (Å²) in [5, 5.41) is -0.125. The van der Waals surface area contributed by atoms with Gasteiger partial charge in [0.15, 0.2) is 0 Å². The first kappa shape index (κ1) is 15.0. The molecule has 4 nitrogen and oxygen atoms in total. The number of nitrogens with one attached hydrogen (secondary N) is 3. The zero-order chi connectivity index (χ0) is 50.1. The Balaban J connectivity index is 1.54. The van der Waals surface area contributed by atoms with Crippen molar-refractivity contribution in [3.8, 4) is 0 Å². The van der Waals surface area contributed by atoms with Crippen molar-refractivity contribution >= 4 is 34.5 Å². The molecule has 3 aromatic heterocycles. The summed E-state index contributed by atoms with van der Waals surface area (Å²) in [6.45, 7) is 0. The lowest BCUT2D eigenvalue weighted by Crippen LogP contribution is -2.17. The molecule has 0 fully saturated rings. The Hall–Kier alpha value is -6.10. The van der Waals surface area contributed by atoms with Crippen molar-refractivity contribution in [3.05, 3.63) is 229 Å². The normalized spacial score (nSPS) is 25.1. The molecule has 0 saturated heterocycles. The Morgan fingerprint density at radius 3 is 1.55 bits per heavy atom. The number of rotatable bonds is 4. The van der Waals surface area contributed by atoms with Crippen LogP contribution in [0, 0.1) is 0 Å². The van der Waals surface area contributed by atoms with Crippen molar-refractivity contribution in [3.63, 3.8) is 0 Å². The first-order valence-corrected chi connectivity index (χ1v) is 15.2.